The van der Waals surface area contributed by atoms with Gasteiger partial charge >= 0.3 is 6.18 Å². The Morgan fingerprint density at radius 1 is 1.17 bits per heavy atom. The largest absolute Gasteiger partial charge is 0.480 e. The molecule has 3 aromatic rings. The minimum atomic E-state index is -4.56. The molecule has 1 aromatic heterocycles. The number of carbonyl (C=O) groups is 1. The molecule has 0 bridgehead atoms. The molecule has 152 valence electrons. The first kappa shape index (κ1) is 20.3. The van der Waals surface area contributed by atoms with E-state index in [2.05, 4.69) is 10.2 Å². The van der Waals surface area contributed by atoms with E-state index in [4.69, 9.17) is 10.5 Å². The van der Waals surface area contributed by atoms with Crippen LogP contribution in [0.25, 0.3) is 11.4 Å². The quantitative estimate of drug-likeness (QED) is 0.650. The lowest BCUT2D eigenvalue weighted by Crippen LogP contribution is -2.13. The molecule has 0 aliphatic rings. The van der Waals surface area contributed by atoms with Crippen LogP contribution in [0.3, 0.4) is 0 Å². The number of benzene rings is 2. The van der Waals surface area contributed by atoms with Gasteiger partial charge in [-0.1, -0.05) is 18.2 Å². The van der Waals surface area contributed by atoms with E-state index in [1.54, 1.807) is 6.92 Å². The Bertz CT molecular complexity index is 1060. The van der Waals surface area contributed by atoms with Gasteiger partial charge in [-0.2, -0.15) is 13.2 Å². The number of aromatic nitrogens is 3. The molecule has 0 saturated carbocycles. The summed E-state index contributed by atoms with van der Waals surface area (Å²) in [5, 5.41) is 7.77. The van der Waals surface area contributed by atoms with E-state index in [0.717, 1.165) is 12.1 Å². The molecule has 2 N–H and O–H groups in total. The van der Waals surface area contributed by atoms with E-state index >= 15 is 0 Å². The molecule has 0 saturated heterocycles. The normalized spacial score (nSPS) is 12.6. The lowest BCUT2D eigenvalue weighted by Gasteiger charge is -2.16. The Kier molecular flexibility index (Phi) is 5.27. The van der Waals surface area contributed by atoms with Crippen LogP contribution in [-0.2, 0) is 13.2 Å². The topological polar surface area (TPSA) is 83.0 Å². The molecule has 0 spiro atoms. The van der Waals surface area contributed by atoms with Crippen LogP contribution in [0.5, 0.6) is 5.75 Å². The van der Waals surface area contributed by atoms with Gasteiger partial charge in [0.1, 0.15) is 0 Å². The fourth-order valence-electron chi connectivity index (χ4n) is 2.85. The number of nitrogens with two attached hydrogens (primary N) is 1. The molecule has 0 unspecified atom stereocenters. The number of hydrogen-bond donors (Lipinski definition) is 1. The van der Waals surface area contributed by atoms with E-state index in [1.807, 2.05) is 0 Å². The molecule has 0 radical (unpaired) electrons. The maximum Gasteiger partial charge on any atom is 0.417 e. The summed E-state index contributed by atoms with van der Waals surface area (Å²) in [5.41, 5.74) is 4.10. The van der Waals surface area contributed by atoms with Crippen LogP contribution in [0, 0.1) is 5.82 Å². The maximum atomic E-state index is 14.1. The maximum absolute atomic E-state index is 14.1. The molecule has 1 amide bonds. The first-order valence-corrected chi connectivity index (χ1v) is 8.41. The van der Waals surface area contributed by atoms with Crippen LogP contribution in [0.1, 0.15) is 34.8 Å². The molecule has 6 nitrogen and oxygen atoms in total. The summed E-state index contributed by atoms with van der Waals surface area (Å²) in [7, 11) is 1.49. The van der Waals surface area contributed by atoms with Gasteiger partial charge < -0.3 is 15.0 Å². The zero-order chi connectivity index (χ0) is 21.3. The third-order valence-electron chi connectivity index (χ3n) is 4.27. The van der Waals surface area contributed by atoms with Gasteiger partial charge in [-0.15, -0.1) is 10.2 Å². The van der Waals surface area contributed by atoms with Crippen molar-refractivity contribution in [2.45, 2.75) is 19.2 Å². The monoisotopic (exact) mass is 408 g/mol. The van der Waals surface area contributed by atoms with E-state index in [1.165, 1.54) is 41.9 Å². The summed E-state index contributed by atoms with van der Waals surface area (Å²) in [4.78, 5) is 11.1. The van der Waals surface area contributed by atoms with Crippen LogP contribution >= 0.6 is 0 Å². The van der Waals surface area contributed by atoms with Crippen LogP contribution < -0.4 is 10.5 Å². The summed E-state index contributed by atoms with van der Waals surface area (Å²) < 4.78 is 60.9. The van der Waals surface area contributed by atoms with Crippen molar-refractivity contribution in [3.63, 3.8) is 0 Å². The lowest BCUT2D eigenvalue weighted by molar-refractivity contribution is -0.137. The van der Waals surface area contributed by atoms with Gasteiger partial charge in [0.15, 0.2) is 29.3 Å². The van der Waals surface area contributed by atoms with Crippen molar-refractivity contribution < 1.29 is 27.1 Å². The number of primary amides is 1. The van der Waals surface area contributed by atoms with Crippen molar-refractivity contribution in [2.24, 2.45) is 12.8 Å². The van der Waals surface area contributed by atoms with Crippen molar-refractivity contribution in [1.29, 1.82) is 0 Å². The highest BCUT2D eigenvalue weighted by atomic mass is 19.4. The minimum absolute atomic E-state index is 0.00655. The Labute approximate surface area is 162 Å². The zero-order valence-corrected chi connectivity index (χ0v) is 15.4. The molecule has 2 aromatic carbocycles. The zero-order valence-electron chi connectivity index (χ0n) is 15.4. The molecule has 29 heavy (non-hydrogen) atoms. The highest BCUT2D eigenvalue weighted by Crippen LogP contribution is 2.36. The van der Waals surface area contributed by atoms with Gasteiger partial charge in [0.25, 0.3) is 0 Å². The second-order valence-electron chi connectivity index (χ2n) is 6.25. The average molecular weight is 408 g/mol. The second-order valence-corrected chi connectivity index (χ2v) is 6.25. The number of halogens is 4. The van der Waals surface area contributed by atoms with Crippen LogP contribution in [0.15, 0.2) is 42.5 Å². The molecular weight excluding hydrogens is 392 g/mol. The van der Waals surface area contributed by atoms with Gasteiger partial charge in [0.2, 0.25) is 5.91 Å². The Morgan fingerprint density at radius 3 is 2.48 bits per heavy atom. The van der Waals surface area contributed by atoms with Gasteiger partial charge in [-0.05, 0) is 31.2 Å². The van der Waals surface area contributed by atoms with Crippen LogP contribution in [0.4, 0.5) is 17.6 Å². The first-order chi connectivity index (χ1) is 13.6. The number of ether oxygens (including phenoxy) is 1. The summed E-state index contributed by atoms with van der Waals surface area (Å²) in [5.74, 6) is -1.58. The first-order valence-electron chi connectivity index (χ1n) is 8.41. The number of amides is 1. The van der Waals surface area contributed by atoms with Crippen LogP contribution in [0.2, 0.25) is 0 Å². The fourth-order valence-corrected chi connectivity index (χ4v) is 2.85. The molecule has 1 atom stereocenters. The minimum Gasteiger partial charge on any atom is -0.480 e. The van der Waals surface area contributed by atoms with Crippen molar-refractivity contribution in [3.05, 3.63) is 65.2 Å². The van der Waals surface area contributed by atoms with E-state index in [-0.39, 0.29) is 28.5 Å². The SMILES string of the molecule is C[C@H](Oc1ccc(C(N)=O)cc1F)c1nnc(-c2ccccc2C(F)(F)F)n1C. The molecule has 3 rings (SSSR count). The number of nitrogens with zero attached hydrogens (tertiary/aromatic N) is 3. The number of hydrogen-bond acceptors (Lipinski definition) is 4. The summed E-state index contributed by atoms with van der Waals surface area (Å²) in [6, 6.07) is 8.48. The molecule has 0 fully saturated rings. The van der Waals surface area contributed by atoms with Crippen molar-refractivity contribution in [3.8, 4) is 17.1 Å². The second kappa shape index (κ2) is 7.53. The summed E-state index contributed by atoms with van der Waals surface area (Å²) in [6.07, 6.45) is -5.40. The van der Waals surface area contributed by atoms with Crippen molar-refractivity contribution >= 4 is 5.91 Å². The summed E-state index contributed by atoms with van der Waals surface area (Å²) >= 11 is 0. The molecule has 10 heteroatoms. The number of alkyl halides is 3. The predicted molar refractivity (Wildman–Crippen MR) is 95.4 cm³/mol. The lowest BCUT2D eigenvalue weighted by atomic mass is 10.1. The molecule has 1 heterocycles. The number of carbonyl (C=O) groups excluding carboxylic acids is 1. The highest BCUT2D eigenvalue weighted by molar-refractivity contribution is 5.92. The smallest absolute Gasteiger partial charge is 0.417 e. The number of rotatable bonds is 5. The Hall–Kier alpha value is -3.43. The Morgan fingerprint density at radius 2 is 1.86 bits per heavy atom. The summed E-state index contributed by atoms with van der Waals surface area (Å²) in [6.45, 7) is 1.55. The highest BCUT2D eigenvalue weighted by Gasteiger charge is 2.35. The third kappa shape index (κ3) is 4.05. The molecular formula is C19H16F4N4O2. The van der Waals surface area contributed by atoms with Crippen molar-refractivity contribution in [2.75, 3.05) is 0 Å². The molecule has 0 aliphatic carbocycles. The Balaban J connectivity index is 1.92. The van der Waals surface area contributed by atoms with Gasteiger partial charge in [-0.25, -0.2) is 4.39 Å². The van der Waals surface area contributed by atoms with Gasteiger partial charge in [0.05, 0.1) is 5.56 Å². The van der Waals surface area contributed by atoms with Gasteiger partial charge in [-0.3, -0.25) is 4.79 Å². The average Bonchev–Trinajstić information content (AvgIpc) is 3.04. The standard InChI is InChI=1S/C19H16F4N4O2/c1-10(29-15-8-7-11(16(24)28)9-14(15)20)17-25-26-18(27(17)2)12-5-3-4-6-13(12)19(21,22)23/h3-10H,1-2H3,(H2,24,28)/t10-/m0/s1. The van der Waals surface area contributed by atoms with E-state index in [0.29, 0.717) is 0 Å². The van der Waals surface area contributed by atoms with Crippen LogP contribution in [-0.4, -0.2) is 20.7 Å². The van der Waals surface area contributed by atoms with E-state index < -0.39 is 29.6 Å². The predicted octanol–water partition coefficient (Wildman–Crippen LogP) is 3.88. The third-order valence-corrected chi connectivity index (χ3v) is 4.27. The molecule has 0 aliphatic heterocycles. The van der Waals surface area contributed by atoms with Crippen molar-refractivity contribution in [1.82, 2.24) is 14.8 Å². The van der Waals surface area contributed by atoms with Gasteiger partial charge in [0, 0.05) is 18.2 Å². The van der Waals surface area contributed by atoms with E-state index in [9.17, 15) is 22.4 Å². The fraction of sp³-hybridized carbons (Fsp3) is 0.211.